The van der Waals surface area contributed by atoms with E-state index in [1.165, 1.54) is 12.8 Å². The number of rotatable bonds is 7. The average Bonchev–Trinajstić information content (AvgIpc) is 3.48. The van der Waals surface area contributed by atoms with Crippen molar-refractivity contribution in [1.29, 1.82) is 0 Å². The number of nitrogens with two attached hydrogens (primary N) is 1. The van der Waals surface area contributed by atoms with Gasteiger partial charge in [-0.05, 0) is 38.9 Å². The molecular formula is C20H24N10O. The average molecular weight is 420 g/mol. The van der Waals surface area contributed by atoms with E-state index < -0.39 is 0 Å². The molecule has 1 aliphatic rings. The summed E-state index contributed by atoms with van der Waals surface area (Å²) in [5.41, 5.74) is 7.89. The molecule has 5 rings (SSSR count). The van der Waals surface area contributed by atoms with Crippen LogP contribution in [0.2, 0.25) is 0 Å². The molecule has 0 radical (unpaired) electrons. The molecule has 0 bridgehead atoms. The molecule has 5 heterocycles. The number of imidazole rings is 1. The summed E-state index contributed by atoms with van der Waals surface area (Å²) in [5.74, 6) is 2.65. The topological polar surface area (TPSA) is 135 Å². The first kappa shape index (κ1) is 19.2. The van der Waals surface area contributed by atoms with Crippen LogP contribution in [-0.2, 0) is 0 Å². The van der Waals surface area contributed by atoms with Gasteiger partial charge in [-0.3, -0.25) is 10.00 Å². The molecule has 1 saturated heterocycles. The Kier molecular flexibility index (Phi) is 5.08. The van der Waals surface area contributed by atoms with Crippen molar-refractivity contribution in [3.8, 4) is 17.3 Å². The molecule has 0 spiro atoms. The van der Waals surface area contributed by atoms with Crippen molar-refractivity contribution in [3.05, 3.63) is 36.3 Å². The third kappa shape index (κ3) is 4.12. The van der Waals surface area contributed by atoms with E-state index in [9.17, 15) is 0 Å². The van der Waals surface area contributed by atoms with Gasteiger partial charge in [0, 0.05) is 30.9 Å². The highest BCUT2D eigenvalue weighted by molar-refractivity contribution is 5.77. The number of fused-ring (bicyclic) bond motifs is 1. The van der Waals surface area contributed by atoms with E-state index in [2.05, 4.69) is 40.5 Å². The Morgan fingerprint density at radius 3 is 2.81 bits per heavy atom. The van der Waals surface area contributed by atoms with Crippen LogP contribution in [0.15, 0.2) is 30.5 Å². The number of hydrogen-bond donors (Lipinski definition) is 3. The summed E-state index contributed by atoms with van der Waals surface area (Å²) in [7, 11) is 0. The SMILES string of the molecule is Cc1nc(N)cc(-c2c(Nc3cc[nH]n3)nc3ccc(OCCN4CCCC4)nn23)n1. The Hall–Kier alpha value is -3.73. The fourth-order valence-corrected chi connectivity index (χ4v) is 3.76. The van der Waals surface area contributed by atoms with E-state index in [1.54, 1.807) is 23.7 Å². The molecule has 11 nitrogen and oxygen atoms in total. The molecule has 0 unspecified atom stereocenters. The molecule has 1 aliphatic heterocycles. The van der Waals surface area contributed by atoms with Gasteiger partial charge in [0.15, 0.2) is 17.3 Å². The van der Waals surface area contributed by atoms with Crippen molar-refractivity contribution >= 4 is 23.1 Å². The summed E-state index contributed by atoms with van der Waals surface area (Å²) in [5, 5.41) is 14.8. The predicted molar refractivity (Wildman–Crippen MR) is 116 cm³/mol. The maximum atomic E-state index is 5.98. The van der Waals surface area contributed by atoms with Gasteiger partial charge in [0.1, 0.15) is 23.9 Å². The van der Waals surface area contributed by atoms with Gasteiger partial charge in [0.05, 0.1) is 5.69 Å². The lowest BCUT2D eigenvalue weighted by atomic mass is 10.3. The minimum atomic E-state index is 0.376. The fourth-order valence-electron chi connectivity index (χ4n) is 3.76. The third-order valence-electron chi connectivity index (χ3n) is 5.16. The molecule has 4 aromatic rings. The first-order valence-corrected chi connectivity index (χ1v) is 10.3. The summed E-state index contributed by atoms with van der Waals surface area (Å²) < 4.78 is 7.64. The zero-order chi connectivity index (χ0) is 21.2. The molecule has 0 aromatic carbocycles. The van der Waals surface area contributed by atoms with Crippen LogP contribution in [0.1, 0.15) is 18.7 Å². The number of likely N-dealkylation sites (tertiary alicyclic amines) is 1. The Morgan fingerprint density at radius 2 is 2.03 bits per heavy atom. The molecule has 31 heavy (non-hydrogen) atoms. The zero-order valence-corrected chi connectivity index (χ0v) is 17.2. The van der Waals surface area contributed by atoms with Crippen LogP contribution in [0.4, 0.5) is 17.5 Å². The second-order valence-corrected chi connectivity index (χ2v) is 7.46. The van der Waals surface area contributed by atoms with E-state index in [0.717, 1.165) is 19.6 Å². The number of nitrogen functional groups attached to an aromatic ring is 1. The normalized spacial score (nSPS) is 14.4. The van der Waals surface area contributed by atoms with Crippen molar-refractivity contribution in [1.82, 2.24) is 39.7 Å². The number of aromatic nitrogens is 7. The molecule has 1 fully saturated rings. The van der Waals surface area contributed by atoms with E-state index in [0.29, 0.717) is 52.8 Å². The second-order valence-electron chi connectivity index (χ2n) is 7.46. The van der Waals surface area contributed by atoms with Crippen LogP contribution in [-0.4, -0.2) is 65.9 Å². The summed E-state index contributed by atoms with van der Waals surface area (Å²) >= 11 is 0. The van der Waals surface area contributed by atoms with Gasteiger partial charge in [0.2, 0.25) is 5.88 Å². The highest BCUT2D eigenvalue weighted by atomic mass is 16.5. The number of aryl methyl sites for hydroxylation is 1. The van der Waals surface area contributed by atoms with E-state index >= 15 is 0 Å². The Labute approximate surface area is 178 Å². The van der Waals surface area contributed by atoms with Crippen molar-refractivity contribution < 1.29 is 4.74 Å². The molecule has 4 aromatic heterocycles. The summed E-state index contributed by atoms with van der Waals surface area (Å²) in [6.45, 7) is 5.55. The van der Waals surface area contributed by atoms with E-state index in [1.807, 2.05) is 18.2 Å². The molecule has 4 N–H and O–H groups in total. The fraction of sp³-hybridized carbons (Fsp3) is 0.350. The first-order chi connectivity index (χ1) is 15.2. The lowest BCUT2D eigenvalue weighted by molar-refractivity contribution is 0.230. The van der Waals surface area contributed by atoms with Crippen LogP contribution in [0, 0.1) is 6.92 Å². The van der Waals surface area contributed by atoms with Crippen molar-refractivity contribution in [2.75, 3.05) is 37.3 Å². The molecule has 160 valence electrons. The number of hydrogen-bond acceptors (Lipinski definition) is 9. The molecular weight excluding hydrogens is 396 g/mol. The smallest absolute Gasteiger partial charge is 0.231 e. The molecule has 0 amide bonds. The lowest BCUT2D eigenvalue weighted by Gasteiger charge is -2.14. The van der Waals surface area contributed by atoms with Gasteiger partial charge in [0.25, 0.3) is 0 Å². The molecule has 11 heteroatoms. The van der Waals surface area contributed by atoms with Crippen molar-refractivity contribution in [2.24, 2.45) is 0 Å². The van der Waals surface area contributed by atoms with Gasteiger partial charge >= 0.3 is 0 Å². The second kappa shape index (κ2) is 8.19. The highest BCUT2D eigenvalue weighted by Crippen LogP contribution is 2.30. The number of ether oxygens (including phenoxy) is 1. The Morgan fingerprint density at radius 1 is 1.16 bits per heavy atom. The standard InChI is InChI=1S/C20H24N10O/c1-13-23-14(12-15(21)24-13)19-20(25-16-6-7-22-27-16)26-17-4-5-18(28-30(17)19)31-11-10-29-8-2-3-9-29/h4-7,12H,2-3,8-11H2,1H3,(H2,21,23,24)(H2,22,25,27). The first-order valence-electron chi connectivity index (χ1n) is 10.3. The van der Waals surface area contributed by atoms with Gasteiger partial charge in [-0.1, -0.05) is 0 Å². The minimum absolute atomic E-state index is 0.376. The monoisotopic (exact) mass is 420 g/mol. The molecule has 0 atom stereocenters. The quantitative estimate of drug-likeness (QED) is 0.410. The van der Waals surface area contributed by atoms with Crippen LogP contribution >= 0.6 is 0 Å². The largest absolute Gasteiger partial charge is 0.475 e. The summed E-state index contributed by atoms with van der Waals surface area (Å²) in [6.07, 6.45) is 4.25. The molecule has 0 saturated carbocycles. The maximum Gasteiger partial charge on any atom is 0.231 e. The lowest BCUT2D eigenvalue weighted by Crippen LogP contribution is -2.25. The van der Waals surface area contributed by atoms with Crippen LogP contribution in [0.5, 0.6) is 5.88 Å². The molecule has 0 aliphatic carbocycles. The number of aromatic amines is 1. The predicted octanol–water partition coefficient (Wildman–Crippen LogP) is 2.02. The van der Waals surface area contributed by atoms with Gasteiger partial charge in [-0.25, -0.2) is 19.5 Å². The number of nitrogens with zero attached hydrogens (tertiary/aromatic N) is 7. The third-order valence-corrected chi connectivity index (χ3v) is 5.16. The van der Waals surface area contributed by atoms with Crippen LogP contribution in [0.25, 0.3) is 17.0 Å². The van der Waals surface area contributed by atoms with Gasteiger partial charge < -0.3 is 15.8 Å². The minimum Gasteiger partial charge on any atom is -0.475 e. The van der Waals surface area contributed by atoms with E-state index in [4.69, 9.17) is 10.5 Å². The van der Waals surface area contributed by atoms with Gasteiger partial charge in [-0.2, -0.15) is 5.10 Å². The van der Waals surface area contributed by atoms with Gasteiger partial charge in [-0.15, -0.1) is 5.10 Å². The number of nitrogens with one attached hydrogen (secondary N) is 2. The number of H-pyrrole nitrogens is 1. The van der Waals surface area contributed by atoms with Crippen molar-refractivity contribution in [3.63, 3.8) is 0 Å². The number of anilines is 3. The zero-order valence-electron chi connectivity index (χ0n) is 17.2. The van der Waals surface area contributed by atoms with E-state index in [-0.39, 0.29) is 0 Å². The highest BCUT2D eigenvalue weighted by Gasteiger charge is 2.19. The summed E-state index contributed by atoms with van der Waals surface area (Å²) in [6, 6.07) is 7.21. The Bertz CT molecular complexity index is 1160. The maximum absolute atomic E-state index is 5.98. The van der Waals surface area contributed by atoms with Crippen LogP contribution < -0.4 is 15.8 Å². The van der Waals surface area contributed by atoms with Crippen molar-refractivity contribution in [2.45, 2.75) is 19.8 Å². The van der Waals surface area contributed by atoms with Crippen LogP contribution in [0.3, 0.4) is 0 Å². The summed E-state index contributed by atoms with van der Waals surface area (Å²) in [4.78, 5) is 15.8. The Balaban J connectivity index is 1.51.